The number of anilines is 2. The van der Waals surface area contributed by atoms with Gasteiger partial charge in [0.2, 0.25) is 0 Å². The Labute approximate surface area is 177 Å². The fraction of sp³-hybridized carbons (Fsp3) is 0.0345. The fourth-order valence-corrected chi connectivity index (χ4v) is 4.12. The third kappa shape index (κ3) is 3.35. The smallest absolute Gasteiger partial charge is 0.0487 e. The van der Waals surface area contributed by atoms with E-state index in [1.54, 1.807) is 0 Å². The predicted octanol–water partition coefficient (Wildman–Crippen LogP) is 7.94. The SMILES string of the molecule is CN(c1cccc(-c2ccccc2)c1)c1ccccc1-c1cccc2ccccc12. The second kappa shape index (κ2) is 7.88. The Kier molecular flexibility index (Phi) is 4.78. The maximum absolute atomic E-state index is 2.28. The maximum Gasteiger partial charge on any atom is 0.0487 e. The molecule has 0 radical (unpaired) electrons. The van der Waals surface area contributed by atoms with E-state index in [1.165, 1.54) is 44.4 Å². The number of hydrogen-bond donors (Lipinski definition) is 0. The van der Waals surface area contributed by atoms with Crippen LogP contribution in [0.15, 0.2) is 121 Å². The van der Waals surface area contributed by atoms with Crippen LogP contribution in [0.25, 0.3) is 33.0 Å². The van der Waals surface area contributed by atoms with E-state index in [2.05, 4.69) is 133 Å². The molecule has 0 saturated carbocycles. The van der Waals surface area contributed by atoms with Crippen LogP contribution in [0.5, 0.6) is 0 Å². The molecule has 0 aromatic heterocycles. The van der Waals surface area contributed by atoms with Crippen LogP contribution in [0.4, 0.5) is 11.4 Å². The molecule has 0 heterocycles. The quantitative estimate of drug-likeness (QED) is 0.303. The number of rotatable bonds is 4. The van der Waals surface area contributed by atoms with E-state index >= 15 is 0 Å². The van der Waals surface area contributed by atoms with Crippen molar-refractivity contribution in [3.63, 3.8) is 0 Å². The van der Waals surface area contributed by atoms with Crippen LogP contribution < -0.4 is 4.90 Å². The molecule has 0 N–H and O–H groups in total. The molecular formula is C29H23N. The summed E-state index contributed by atoms with van der Waals surface area (Å²) in [5, 5.41) is 2.54. The zero-order valence-electron chi connectivity index (χ0n) is 17.0. The average Bonchev–Trinajstić information content (AvgIpc) is 2.84. The minimum atomic E-state index is 1.17. The zero-order chi connectivity index (χ0) is 20.3. The molecule has 0 aliphatic rings. The molecule has 0 bridgehead atoms. The summed E-state index contributed by atoms with van der Waals surface area (Å²) in [6.45, 7) is 0. The van der Waals surface area contributed by atoms with Crippen molar-refractivity contribution < 1.29 is 0 Å². The van der Waals surface area contributed by atoms with Gasteiger partial charge in [-0.1, -0.05) is 103 Å². The summed E-state index contributed by atoms with van der Waals surface area (Å²) in [5.74, 6) is 0. The lowest BCUT2D eigenvalue weighted by atomic mass is 9.96. The highest BCUT2D eigenvalue weighted by atomic mass is 15.1. The first-order valence-electron chi connectivity index (χ1n) is 10.3. The van der Waals surface area contributed by atoms with Gasteiger partial charge >= 0.3 is 0 Å². The molecule has 1 nitrogen and oxygen atoms in total. The molecule has 144 valence electrons. The van der Waals surface area contributed by atoms with Gasteiger partial charge in [-0.2, -0.15) is 0 Å². The van der Waals surface area contributed by atoms with E-state index in [-0.39, 0.29) is 0 Å². The summed E-state index contributed by atoms with van der Waals surface area (Å²) < 4.78 is 0. The van der Waals surface area contributed by atoms with Crippen molar-refractivity contribution in [1.82, 2.24) is 0 Å². The number of hydrogen-bond acceptors (Lipinski definition) is 1. The molecule has 5 aromatic rings. The zero-order valence-corrected chi connectivity index (χ0v) is 17.0. The van der Waals surface area contributed by atoms with Crippen molar-refractivity contribution in [3.05, 3.63) is 121 Å². The van der Waals surface area contributed by atoms with E-state index < -0.39 is 0 Å². The largest absolute Gasteiger partial charge is 0.344 e. The number of para-hydroxylation sites is 1. The normalized spacial score (nSPS) is 10.8. The van der Waals surface area contributed by atoms with E-state index in [9.17, 15) is 0 Å². The van der Waals surface area contributed by atoms with Gasteiger partial charge < -0.3 is 4.90 Å². The van der Waals surface area contributed by atoms with Gasteiger partial charge in [-0.05, 0) is 45.7 Å². The Hall–Kier alpha value is -3.84. The van der Waals surface area contributed by atoms with Gasteiger partial charge in [0.05, 0.1) is 0 Å². The van der Waals surface area contributed by atoms with Crippen molar-refractivity contribution in [2.45, 2.75) is 0 Å². The minimum Gasteiger partial charge on any atom is -0.344 e. The Bertz CT molecular complexity index is 1300. The Morgan fingerprint density at radius 2 is 1.13 bits per heavy atom. The summed E-state index contributed by atoms with van der Waals surface area (Å²) in [4.78, 5) is 2.28. The van der Waals surface area contributed by atoms with Gasteiger partial charge in [0.25, 0.3) is 0 Å². The van der Waals surface area contributed by atoms with Crippen LogP contribution in [0, 0.1) is 0 Å². The molecular weight excluding hydrogens is 362 g/mol. The third-order valence-corrected chi connectivity index (χ3v) is 5.69. The first-order valence-corrected chi connectivity index (χ1v) is 10.3. The van der Waals surface area contributed by atoms with Crippen molar-refractivity contribution in [3.8, 4) is 22.3 Å². The van der Waals surface area contributed by atoms with E-state index in [0.717, 1.165) is 0 Å². The van der Waals surface area contributed by atoms with Gasteiger partial charge in [-0.25, -0.2) is 0 Å². The predicted molar refractivity (Wildman–Crippen MR) is 129 cm³/mol. The number of nitrogens with zero attached hydrogens (tertiary/aromatic N) is 1. The van der Waals surface area contributed by atoms with Crippen LogP contribution in [-0.2, 0) is 0 Å². The van der Waals surface area contributed by atoms with E-state index in [1.807, 2.05) is 0 Å². The van der Waals surface area contributed by atoms with Gasteiger partial charge in [-0.15, -0.1) is 0 Å². The molecule has 0 aliphatic carbocycles. The molecule has 1 heteroatoms. The van der Waals surface area contributed by atoms with Crippen molar-refractivity contribution in [2.75, 3.05) is 11.9 Å². The fourth-order valence-electron chi connectivity index (χ4n) is 4.12. The summed E-state index contributed by atoms with van der Waals surface area (Å²) >= 11 is 0. The molecule has 5 aromatic carbocycles. The monoisotopic (exact) mass is 385 g/mol. The maximum atomic E-state index is 2.28. The second-order valence-corrected chi connectivity index (χ2v) is 7.52. The van der Waals surface area contributed by atoms with Crippen molar-refractivity contribution in [2.24, 2.45) is 0 Å². The average molecular weight is 386 g/mol. The molecule has 0 fully saturated rings. The number of benzene rings is 5. The lowest BCUT2D eigenvalue weighted by Gasteiger charge is -2.24. The van der Waals surface area contributed by atoms with Crippen LogP contribution in [-0.4, -0.2) is 7.05 Å². The molecule has 5 rings (SSSR count). The van der Waals surface area contributed by atoms with Crippen molar-refractivity contribution >= 4 is 22.1 Å². The third-order valence-electron chi connectivity index (χ3n) is 5.69. The molecule has 0 amide bonds. The Morgan fingerprint density at radius 3 is 2.03 bits per heavy atom. The Morgan fingerprint density at radius 1 is 0.500 bits per heavy atom. The van der Waals surface area contributed by atoms with Crippen molar-refractivity contribution in [1.29, 1.82) is 0 Å². The van der Waals surface area contributed by atoms with E-state index in [4.69, 9.17) is 0 Å². The Balaban J connectivity index is 1.61. The summed E-state index contributed by atoms with van der Waals surface area (Å²) in [6, 6.07) is 43.0. The summed E-state index contributed by atoms with van der Waals surface area (Å²) in [5.41, 5.74) is 7.32. The van der Waals surface area contributed by atoms with Crippen LogP contribution in [0.2, 0.25) is 0 Å². The first-order chi connectivity index (χ1) is 14.8. The van der Waals surface area contributed by atoms with Crippen LogP contribution in [0.3, 0.4) is 0 Å². The molecule has 0 spiro atoms. The minimum absolute atomic E-state index is 1.17. The summed E-state index contributed by atoms with van der Waals surface area (Å²) in [7, 11) is 2.15. The highest BCUT2D eigenvalue weighted by molar-refractivity contribution is 6.00. The second-order valence-electron chi connectivity index (χ2n) is 7.52. The summed E-state index contributed by atoms with van der Waals surface area (Å²) in [6.07, 6.45) is 0. The standard InChI is InChI=1S/C29H23N/c1-30(25-16-9-15-24(21-25)22-11-3-2-4-12-22)29-20-8-7-18-28(29)27-19-10-14-23-13-5-6-17-26(23)27/h2-21H,1H3. The lowest BCUT2D eigenvalue weighted by molar-refractivity contribution is 1.21. The van der Waals surface area contributed by atoms with Gasteiger partial charge in [0.1, 0.15) is 0 Å². The van der Waals surface area contributed by atoms with Crippen LogP contribution in [0.1, 0.15) is 0 Å². The molecule has 0 unspecified atom stereocenters. The van der Waals surface area contributed by atoms with Gasteiger partial charge in [0, 0.05) is 24.0 Å². The molecule has 30 heavy (non-hydrogen) atoms. The van der Waals surface area contributed by atoms with Crippen LogP contribution >= 0.6 is 0 Å². The van der Waals surface area contributed by atoms with E-state index in [0.29, 0.717) is 0 Å². The number of fused-ring (bicyclic) bond motifs is 1. The van der Waals surface area contributed by atoms with Gasteiger partial charge in [0.15, 0.2) is 0 Å². The topological polar surface area (TPSA) is 3.24 Å². The molecule has 0 saturated heterocycles. The van der Waals surface area contributed by atoms with Gasteiger partial charge in [-0.3, -0.25) is 0 Å². The molecule has 0 atom stereocenters. The highest BCUT2D eigenvalue weighted by Crippen LogP contribution is 2.38. The lowest BCUT2D eigenvalue weighted by Crippen LogP contribution is -2.10. The highest BCUT2D eigenvalue weighted by Gasteiger charge is 2.13. The first kappa shape index (κ1) is 18.2. The molecule has 0 aliphatic heterocycles.